The zero-order valence-corrected chi connectivity index (χ0v) is 11.2. The van der Waals surface area contributed by atoms with Crippen LogP contribution < -0.4 is 10.1 Å². The van der Waals surface area contributed by atoms with Crippen LogP contribution in [0.2, 0.25) is 0 Å². The van der Waals surface area contributed by atoms with Crippen LogP contribution in [0.15, 0.2) is 12.1 Å². The first-order valence-corrected chi connectivity index (χ1v) is 6.14. The molecule has 0 amide bonds. The van der Waals surface area contributed by atoms with E-state index in [1.807, 2.05) is 26.8 Å². The molecule has 0 radical (unpaired) electrons. The summed E-state index contributed by atoms with van der Waals surface area (Å²) in [6, 6.07) is 4.15. The van der Waals surface area contributed by atoms with Crippen LogP contribution in [0.3, 0.4) is 0 Å². The Morgan fingerprint density at radius 2 is 2.00 bits per heavy atom. The molecule has 0 spiro atoms. The van der Waals surface area contributed by atoms with Crippen molar-refractivity contribution in [1.82, 2.24) is 5.32 Å². The molecule has 3 nitrogen and oxygen atoms in total. The van der Waals surface area contributed by atoms with E-state index < -0.39 is 6.10 Å². The first kappa shape index (κ1) is 14.0. The number of hydrogen-bond acceptors (Lipinski definition) is 3. The van der Waals surface area contributed by atoms with Gasteiger partial charge in [0.15, 0.2) is 0 Å². The molecule has 0 bridgehead atoms. The minimum atomic E-state index is -0.463. The van der Waals surface area contributed by atoms with E-state index in [4.69, 9.17) is 4.74 Å². The standard InChI is InChI=1S/C14H23NO2/c1-5-15-8-13(16)9-17-14-7-10(2)6-11(3)12(14)4/h6-7,13,15-16H,5,8-9H2,1-4H3. The van der Waals surface area contributed by atoms with Gasteiger partial charge in [0, 0.05) is 6.54 Å². The van der Waals surface area contributed by atoms with E-state index in [2.05, 4.69) is 18.3 Å². The smallest absolute Gasteiger partial charge is 0.122 e. The molecule has 0 saturated carbocycles. The van der Waals surface area contributed by atoms with E-state index in [9.17, 15) is 5.11 Å². The normalized spacial score (nSPS) is 12.5. The van der Waals surface area contributed by atoms with Gasteiger partial charge in [0.2, 0.25) is 0 Å². The Balaban J connectivity index is 2.57. The fourth-order valence-corrected chi connectivity index (χ4v) is 1.71. The van der Waals surface area contributed by atoms with E-state index >= 15 is 0 Å². The lowest BCUT2D eigenvalue weighted by Crippen LogP contribution is -2.31. The molecule has 1 aromatic carbocycles. The molecular weight excluding hydrogens is 214 g/mol. The van der Waals surface area contributed by atoms with Gasteiger partial charge in [-0.2, -0.15) is 0 Å². The maximum Gasteiger partial charge on any atom is 0.122 e. The predicted molar refractivity (Wildman–Crippen MR) is 70.7 cm³/mol. The number of hydrogen-bond donors (Lipinski definition) is 2. The summed E-state index contributed by atoms with van der Waals surface area (Å²) in [6.45, 7) is 9.94. The lowest BCUT2D eigenvalue weighted by Gasteiger charge is -2.15. The van der Waals surface area contributed by atoms with Crippen molar-refractivity contribution in [3.05, 3.63) is 28.8 Å². The summed E-state index contributed by atoms with van der Waals surface area (Å²) in [7, 11) is 0. The molecule has 0 aliphatic heterocycles. The second-order valence-electron chi connectivity index (χ2n) is 4.48. The Bertz CT molecular complexity index is 363. The number of nitrogens with one attached hydrogen (secondary N) is 1. The average Bonchev–Trinajstić information content (AvgIpc) is 2.29. The van der Waals surface area contributed by atoms with Gasteiger partial charge in [0.1, 0.15) is 18.5 Å². The topological polar surface area (TPSA) is 41.5 Å². The van der Waals surface area contributed by atoms with Crippen molar-refractivity contribution in [2.75, 3.05) is 19.7 Å². The molecule has 0 aliphatic rings. The molecule has 17 heavy (non-hydrogen) atoms. The molecule has 1 atom stereocenters. The lowest BCUT2D eigenvalue weighted by atomic mass is 10.1. The second kappa shape index (κ2) is 6.62. The first-order valence-electron chi connectivity index (χ1n) is 6.14. The van der Waals surface area contributed by atoms with Gasteiger partial charge in [-0.05, 0) is 50.1 Å². The SMILES string of the molecule is CCNCC(O)COc1cc(C)cc(C)c1C. The Labute approximate surface area is 104 Å². The van der Waals surface area contributed by atoms with Crippen LogP contribution in [0.25, 0.3) is 0 Å². The predicted octanol–water partition coefficient (Wildman–Crippen LogP) is 1.96. The number of aliphatic hydroxyl groups excluding tert-OH is 1. The Kier molecular flexibility index (Phi) is 5.45. The molecule has 1 unspecified atom stereocenters. The van der Waals surface area contributed by atoms with Crippen molar-refractivity contribution < 1.29 is 9.84 Å². The first-order chi connectivity index (χ1) is 8.04. The average molecular weight is 237 g/mol. The number of aliphatic hydroxyl groups is 1. The van der Waals surface area contributed by atoms with Crippen molar-refractivity contribution in [3.8, 4) is 5.75 Å². The molecule has 2 N–H and O–H groups in total. The lowest BCUT2D eigenvalue weighted by molar-refractivity contribution is 0.106. The summed E-state index contributed by atoms with van der Waals surface area (Å²) < 4.78 is 5.67. The molecule has 1 aromatic rings. The highest BCUT2D eigenvalue weighted by atomic mass is 16.5. The van der Waals surface area contributed by atoms with Crippen molar-refractivity contribution in [3.63, 3.8) is 0 Å². The van der Waals surface area contributed by atoms with Gasteiger partial charge in [-0.1, -0.05) is 13.0 Å². The van der Waals surface area contributed by atoms with Crippen LogP contribution in [0.1, 0.15) is 23.6 Å². The van der Waals surface area contributed by atoms with Crippen molar-refractivity contribution >= 4 is 0 Å². The summed E-state index contributed by atoms with van der Waals surface area (Å²) in [5.74, 6) is 0.873. The molecule has 0 saturated heterocycles. The summed E-state index contributed by atoms with van der Waals surface area (Å²) in [5, 5.41) is 12.8. The molecule has 0 aliphatic carbocycles. The largest absolute Gasteiger partial charge is 0.491 e. The zero-order chi connectivity index (χ0) is 12.8. The number of likely N-dealkylation sites (N-methyl/N-ethyl adjacent to an activating group) is 1. The van der Waals surface area contributed by atoms with Gasteiger partial charge in [-0.3, -0.25) is 0 Å². The molecular formula is C14H23NO2. The van der Waals surface area contributed by atoms with E-state index in [0.717, 1.165) is 17.9 Å². The summed E-state index contributed by atoms with van der Waals surface area (Å²) in [6.07, 6.45) is -0.463. The van der Waals surface area contributed by atoms with Crippen molar-refractivity contribution in [2.45, 2.75) is 33.8 Å². The monoisotopic (exact) mass is 237 g/mol. The quantitative estimate of drug-likeness (QED) is 0.794. The fraction of sp³-hybridized carbons (Fsp3) is 0.571. The molecule has 1 rings (SSSR count). The summed E-state index contributed by atoms with van der Waals surface area (Å²) >= 11 is 0. The maximum absolute atomic E-state index is 9.68. The highest BCUT2D eigenvalue weighted by molar-refractivity contribution is 5.41. The van der Waals surface area contributed by atoms with Gasteiger partial charge in [-0.25, -0.2) is 0 Å². The summed E-state index contributed by atoms with van der Waals surface area (Å²) in [5.41, 5.74) is 3.55. The Morgan fingerprint density at radius 3 is 2.65 bits per heavy atom. The number of ether oxygens (including phenoxy) is 1. The van der Waals surface area contributed by atoms with Crippen LogP contribution in [0, 0.1) is 20.8 Å². The molecule has 3 heteroatoms. The maximum atomic E-state index is 9.68. The highest BCUT2D eigenvalue weighted by Crippen LogP contribution is 2.23. The van der Waals surface area contributed by atoms with Gasteiger partial charge in [0.25, 0.3) is 0 Å². The van der Waals surface area contributed by atoms with Crippen LogP contribution in [0.4, 0.5) is 0 Å². The minimum Gasteiger partial charge on any atom is -0.491 e. The van der Waals surface area contributed by atoms with Crippen molar-refractivity contribution in [2.24, 2.45) is 0 Å². The molecule has 0 fully saturated rings. The Morgan fingerprint density at radius 1 is 1.29 bits per heavy atom. The molecule has 0 aromatic heterocycles. The molecule has 0 heterocycles. The minimum absolute atomic E-state index is 0.330. The number of rotatable bonds is 6. The fourth-order valence-electron chi connectivity index (χ4n) is 1.71. The molecule has 96 valence electrons. The summed E-state index contributed by atoms with van der Waals surface area (Å²) in [4.78, 5) is 0. The third kappa shape index (κ3) is 4.36. The van der Waals surface area contributed by atoms with Gasteiger partial charge >= 0.3 is 0 Å². The highest BCUT2D eigenvalue weighted by Gasteiger charge is 2.07. The van der Waals surface area contributed by atoms with Crippen LogP contribution in [-0.2, 0) is 0 Å². The second-order valence-corrected chi connectivity index (χ2v) is 4.48. The van der Waals surface area contributed by atoms with Crippen LogP contribution >= 0.6 is 0 Å². The number of aryl methyl sites for hydroxylation is 2. The van der Waals surface area contributed by atoms with Crippen molar-refractivity contribution in [1.29, 1.82) is 0 Å². The van der Waals surface area contributed by atoms with E-state index in [-0.39, 0.29) is 0 Å². The van der Waals surface area contributed by atoms with E-state index in [0.29, 0.717) is 13.2 Å². The van der Waals surface area contributed by atoms with E-state index in [1.165, 1.54) is 11.1 Å². The van der Waals surface area contributed by atoms with Crippen LogP contribution in [-0.4, -0.2) is 30.9 Å². The van der Waals surface area contributed by atoms with Crippen LogP contribution in [0.5, 0.6) is 5.75 Å². The third-order valence-corrected chi connectivity index (χ3v) is 2.83. The van der Waals surface area contributed by atoms with Gasteiger partial charge in [0.05, 0.1) is 0 Å². The van der Waals surface area contributed by atoms with E-state index in [1.54, 1.807) is 0 Å². The third-order valence-electron chi connectivity index (χ3n) is 2.83. The van der Waals surface area contributed by atoms with Gasteiger partial charge < -0.3 is 15.2 Å². The Hall–Kier alpha value is -1.06. The van der Waals surface area contributed by atoms with Gasteiger partial charge in [-0.15, -0.1) is 0 Å². The zero-order valence-electron chi connectivity index (χ0n) is 11.2. The number of benzene rings is 1.